The lowest BCUT2D eigenvalue weighted by Gasteiger charge is -2.27. The van der Waals surface area contributed by atoms with E-state index >= 15 is 0 Å². The van der Waals surface area contributed by atoms with E-state index in [0.717, 1.165) is 31.7 Å². The summed E-state index contributed by atoms with van der Waals surface area (Å²) >= 11 is 0. The van der Waals surface area contributed by atoms with Gasteiger partial charge in [0.2, 0.25) is 5.95 Å². The van der Waals surface area contributed by atoms with E-state index in [1.807, 2.05) is 0 Å². The van der Waals surface area contributed by atoms with Gasteiger partial charge < -0.3 is 21.4 Å². The van der Waals surface area contributed by atoms with E-state index < -0.39 is 17.3 Å². The van der Waals surface area contributed by atoms with Gasteiger partial charge in [-0.15, -0.1) is 0 Å². The van der Waals surface area contributed by atoms with Crippen LogP contribution in [-0.4, -0.2) is 27.0 Å². The molecule has 7 nitrogen and oxygen atoms in total. The number of H-pyrrole nitrogens is 1. The number of pyridine rings is 1. The van der Waals surface area contributed by atoms with Crippen LogP contribution in [0, 0.1) is 0 Å². The van der Waals surface area contributed by atoms with Crippen molar-refractivity contribution in [2.45, 2.75) is 43.9 Å². The van der Waals surface area contributed by atoms with Crippen LogP contribution in [0.2, 0.25) is 0 Å². The van der Waals surface area contributed by atoms with Crippen molar-refractivity contribution in [2.24, 2.45) is 5.73 Å². The summed E-state index contributed by atoms with van der Waals surface area (Å²) in [5, 5.41) is 6.02. The zero-order valence-electron chi connectivity index (χ0n) is 16.0. The summed E-state index contributed by atoms with van der Waals surface area (Å²) in [7, 11) is 0. The first-order valence-corrected chi connectivity index (χ1v) is 9.66. The minimum absolute atomic E-state index is 0.00793. The number of nitrogens with two attached hydrogens (primary N) is 1. The number of nitrogens with one attached hydrogen (secondary N) is 3. The number of aromatic nitrogens is 3. The normalized spacial score (nSPS) is 19.6. The van der Waals surface area contributed by atoms with Crippen LogP contribution >= 0.6 is 0 Å². The standard InChI is InChI=1S/C20H21F3N6O/c21-20(22,23)13-3-1-2-4-14(13)27-17-16-15(9-10-25-18(16)30)28-19(29-17)26-12-7-5-11(24)6-8-12/h1-4,9-12H,5-8,24H2,(H,25,30)(H2,26,27,28,29)/t11-,12-. The molecule has 0 unspecified atom stereocenters. The molecule has 30 heavy (non-hydrogen) atoms. The number of hydrogen-bond donors (Lipinski definition) is 4. The van der Waals surface area contributed by atoms with Crippen molar-refractivity contribution in [3.05, 3.63) is 52.4 Å². The molecule has 0 amide bonds. The van der Waals surface area contributed by atoms with Crippen molar-refractivity contribution >= 4 is 28.4 Å². The molecule has 0 aliphatic heterocycles. The maximum Gasteiger partial charge on any atom is 0.418 e. The second-order valence-electron chi connectivity index (χ2n) is 7.39. The number of fused-ring (bicyclic) bond motifs is 1. The molecule has 5 N–H and O–H groups in total. The summed E-state index contributed by atoms with van der Waals surface area (Å²) in [6.07, 6.45) is 0.314. The second-order valence-corrected chi connectivity index (χ2v) is 7.39. The molecule has 0 radical (unpaired) electrons. The van der Waals surface area contributed by atoms with Crippen LogP contribution in [0.3, 0.4) is 0 Å². The van der Waals surface area contributed by atoms with Gasteiger partial charge in [-0.05, 0) is 43.9 Å². The van der Waals surface area contributed by atoms with Gasteiger partial charge in [0.05, 0.1) is 16.8 Å². The fraction of sp³-hybridized carbons (Fsp3) is 0.350. The SMILES string of the molecule is N[C@H]1CC[C@H](Nc2nc(Nc3ccccc3C(F)(F)F)c3c(=O)[nH]ccc3n2)CC1. The number of anilines is 3. The number of halogens is 3. The highest BCUT2D eigenvalue weighted by atomic mass is 19.4. The summed E-state index contributed by atoms with van der Waals surface area (Å²) < 4.78 is 40.2. The lowest BCUT2D eigenvalue weighted by Crippen LogP contribution is -2.33. The summed E-state index contributed by atoms with van der Waals surface area (Å²) in [4.78, 5) is 23.6. The third-order valence-corrected chi connectivity index (χ3v) is 5.21. The van der Waals surface area contributed by atoms with Gasteiger partial charge in [-0.2, -0.15) is 18.2 Å². The Morgan fingerprint density at radius 1 is 1.07 bits per heavy atom. The van der Waals surface area contributed by atoms with Gasteiger partial charge >= 0.3 is 6.18 Å². The quantitative estimate of drug-likeness (QED) is 0.514. The third-order valence-electron chi connectivity index (χ3n) is 5.21. The Hall–Kier alpha value is -3.14. The maximum atomic E-state index is 13.4. The molecular weight excluding hydrogens is 397 g/mol. The van der Waals surface area contributed by atoms with Crippen LogP contribution in [-0.2, 0) is 6.18 Å². The zero-order chi connectivity index (χ0) is 21.3. The Balaban J connectivity index is 1.74. The van der Waals surface area contributed by atoms with Crippen molar-refractivity contribution in [3.63, 3.8) is 0 Å². The maximum absolute atomic E-state index is 13.4. The van der Waals surface area contributed by atoms with Crippen molar-refractivity contribution in [1.82, 2.24) is 15.0 Å². The summed E-state index contributed by atoms with van der Waals surface area (Å²) in [5.74, 6) is 0.258. The van der Waals surface area contributed by atoms with Crippen LogP contribution in [0.25, 0.3) is 10.9 Å². The molecule has 10 heteroatoms. The number of rotatable bonds is 4. The van der Waals surface area contributed by atoms with E-state index in [1.165, 1.54) is 24.4 Å². The van der Waals surface area contributed by atoms with E-state index in [0.29, 0.717) is 5.52 Å². The molecule has 3 aromatic rings. The summed E-state index contributed by atoms with van der Waals surface area (Å²) in [6.45, 7) is 0. The minimum Gasteiger partial charge on any atom is -0.351 e. The van der Waals surface area contributed by atoms with Crippen molar-refractivity contribution in [3.8, 4) is 0 Å². The first-order chi connectivity index (χ1) is 14.3. The van der Waals surface area contributed by atoms with Gasteiger partial charge in [-0.3, -0.25) is 4.79 Å². The molecule has 1 fully saturated rings. The number of para-hydroxylation sites is 1. The molecule has 4 rings (SSSR count). The first-order valence-electron chi connectivity index (χ1n) is 9.66. The highest BCUT2D eigenvalue weighted by molar-refractivity contribution is 5.91. The van der Waals surface area contributed by atoms with E-state index in [1.54, 1.807) is 6.07 Å². The Morgan fingerprint density at radius 2 is 1.80 bits per heavy atom. The molecule has 0 saturated heterocycles. The predicted molar refractivity (Wildman–Crippen MR) is 109 cm³/mol. The van der Waals surface area contributed by atoms with Crippen LogP contribution < -0.4 is 21.9 Å². The van der Waals surface area contributed by atoms with E-state index in [4.69, 9.17) is 5.73 Å². The van der Waals surface area contributed by atoms with Crippen molar-refractivity contribution in [1.29, 1.82) is 0 Å². The lowest BCUT2D eigenvalue weighted by atomic mass is 9.92. The first kappa shape index (κ1) is 20.1. The number of alkyl halides is 3. The largest absolute Gasteiger partial charge is 0.418 e. The van der Waals surface area contributed by atoms with Crippen molar-refractivity contribution in [2.75, 3.05) is 10.6 Å². The molecule has 0 atom stereocenters. The minimum atomic E-state index is -4.55. The Kier molecular flexibility index (Phi) is 5.33. The molecule has 1 aliphatic carbocycles. The zero-order valence-corrected chi connectivity index (χ0v) is 16.0. The molecule has 158 valence electrons. The summed E-state index contributed by atoms with van der Waals surface area (Å²) in [6, 6.07) is 6.93. The van der Waals surface area contributed by atoms with Gasteiger partial charge in [-0.1, -0.05) is 12.1 Å². The molecule has 1 saturated carbocycles. The molecule has 1 aromatic carbocycles. The molecule has 2 heterocycles. The predicted octanol–water partition coefficient (Wildman–Crippen LogP) is 3.76. The smallest absolute Gasteiger partial charge is 0.351 e. The van der Waals surface area contributed by atoms with Gasteiger partial charge in [0.25, 0.3) is 5.56 Å². The monoisotopic (exact) mass is 418 g/mol. The molecule has 0 spiro atoms. The highest BCUT2D eigenvalue weighted by Crippen LogP contribution is 2.36. The molecule has 0 bridgehead atoms. The van der Waals surface area contributed by atoms with Crippen LogP contribution in [0.1, 0.15) is 31.2 Å². The second kappa shape index (κ2) is 7.94. The number of nitrogens with zero attached hydrogens (tertiary/aromatic N) is 2. The van der Waals surface area contributed by atoms with Crippen LogP contribution in [0.4, 0.5) is 30.6 Å². The van der Waals surface area contributed by atoms with Gasteiger partial charge in [0, 0.05) is 18.3 Å². The Bertz CT molecular complexity index is 1110. The molecule has 2 aromatic heterocycles. The summed E-state index contributed by atoms with van der Waals surface area (Å²) in [5.41, 5.74) is 4.74. The molecular formula is C20H21F3N6O. The van der Waals surface area contributed by atoms with Crippen LogP contribution in [0.15, 0.2) is 41.3 Å². The highest BCUT2D eigenvalue weighted by Gasteiger charge is 2.33. The van der Waals surface area contributed by atoms with Gasteiger partial charge in [0.1, 0.15) is 11.2 Å². The molecule has 1 aliphatic rings. The van der Waals surface area contributed by atoms with E-state index in [2.05, 4.69) is 25.6 Å². The lowest BCUT2D eigenvalue weighted by molar-refractivity contribution is -0.136. The van der Waals surface area contributed by atoms with Crippen LogP contribution in [0.5, 0.6) is 0 Å². The Morgan fingerprint density at radius 3 is 2.53 bits per heavy atom. The number of aromatic amines is 1. The van der Waals surface area contributed by atoms with Gasteiger partial charge in [-0.25, -0.2) is 4.98 Å². The van der Waals surface area contributed by atoms with Crippen molar-refractivity contribution < 1.29 is 13.2 Å². The Labute approximate surface area is 169 Å². The topological polar surface area (TPSA) is 109 Å². The van der Waals surface area contributed by atoms with E-state index in [9.17, 15) is 18.0 Å². The average molecular weight is 418 g/mol. The fourth-order valence-electron chi connectivity index (χ4n) is 3.66. The third kappa shape index (κ3) is 4.23. The van der Waals surface area contributed by atoms with E-state index in [-0.39, 0.29) is 34.9 Å². The number of hydrogen-bond acceptors (Lipinski definition) is 6. The average Bonchev–Trinajstić information content (AvgIpc) is 2.69. The number of benzene rings is 1. The fourth-order valence-corrected chi connectivity index (χ4v) is 3.66. The van der Waals surface area contributed by atoms with Gasteiger partial charge in [0.15, 0.2) is 0 Å².